The number of aromatic hydroxyl groups is 1. The predicted molar refractivity (Wildman–Crippen MR) is 97.3 cm³/mol. The summed E-state index contributed by atoms with van der Waals surface area (Å²) in [4.78, 5) is 14.6. The third-order valence-electron chi connectivity index (χ3n) is 5.94. The van der Waals surface area contributed by atoms with E-state index in [0.29, 0.717) is 37.3 Å². The highest BCUT2D eigenvalue weighted by atomic mass is 16.5. The van der Waals surface area contributed by atoms with Crippen LogP contribution in [0.1, 0.15) is 29.0 Å². The molecule has 134 valence electrons. The van der Waals surface area contributed by atoms with Gasteiger partial charge in [0.15, 0.2) is 0 Å². The van der Waals surface area contributed by atoms with Crippen molar-refractivity contribution in [3.63, 3.8) is 0 Å². The number of benzene rings is 2. The molecule has 5 nitrogen and oxygen atoms in total. The Hall–Kier alpha value is -2.69. The summed E-state index contributed by atoms with van der Waals surface area (Å²) in [6.45, 7) is 1.48. The van der Waals surface area contributed by atoms with Crippen LogP contribution >= 0.6 is 0 Å². The average molecular weight is 350 g/mol. The van der Waals surface area contributed by atoms with Gasteiger partial charge in [0.25, 0.3) is 0 Å². The lowest BCUT2D eigenvalue weighted by Gasteiger charge is -2.20. The molecule has 3 atom stereocenters. The van der Waals surface area contributed by atoms with Crippen molar-refractivity contribution >= 4 is 6.03 Å². The fraction of sp³-hybridized carbons (Fsp3) is 0.381. The minimum absolute atomic E-state index is 0.0218. The van der Waals surface area contributed by atoms with Crippen LogP contribution in [0.3, 0.4) is 0 Å². The fourth-order valence-corrected chi connectivity index (χ4v) is 4.53. The standard InChI is InChI=1S/C21H22N2O3/c24-15-7-5-14-12-23(9-10-26-18(14)11-15)21(25)22-20-17-8-6-13-3-1-2-4-16(13)19(17)20/h1-5,7,11,17,19-20,24H,6,8-10,12H2,(H,22,25). The van der Waals surface area contributed by atoms with Crippen molar-refractivity contribution in [1.29, 1.82) is 0 Å². The van der Waals surface area contributed by atoms with Crippen molar-refractivity contribution in [2.24, 2.45) is 5.92 Å². The number of nitrogens with zero attached hydrogens (tertiary/aromatic N) is 1. The SMILES string of the molecule is O=C(NC1C2CCc3ccccc3C21)N1CCOc2cc(O)ccc2C1. The lowest BCUT2D eigenvalue weighted by molar-refractivity contribution is 0.186. The van der Waals surface area contributed by atoms with Crippen LogP contribution in [0.15, 0.2) is 42.5 Å². The number of nitrogens with one attached hydrogen (secondary N) is 1. The zero-order valence-electron chi connectivity index (χ0n) is 14.5. The van der Waals surface area contributed by atoms with Crippen molar-refractivity contribution in [3.05, 3.63) is 59.2 Å². The molecule has 1 saturated carbocycles. The lowest BCUT2D eigenvalue weighted by atomic mass is 9.92. The minimum Gasteiger partial charge on any atom is -0.508 e. The maximum atomic E-state index is 12.8. The molecule has 0 spiro atoms. The number of urea groups is 1. The van der Waals surface area contributed by atoms with E-state index in [4.69, 9.17) is 4.74 Å². The summed E-state index contributed by atoms with van der Waals surface area (Å²) in [5, 5.41) is 12.9. The van der Waals surface area contributed by atoms with Gasteiger partial charge in [0.2, 0.25) is 0 Å². The predicted octanol–water partition coefficient (Wildman–Crippen LogP) is 3.02. The van der Waals surface area contributed by atoms with Crippen molar-refractivity contribution in [3.8, 4) is 11.5 Å². The summed E-state index contributed by atoms with van der Waals surface area (Å²) >= 11 is 0. The van der Waals surface area contributed by atoms with Gasteiger partial charge in [0.05, 0.1) is 13.1 Å². The first kappa shape index (κ1) is 15.6. The Morgan fingerprint density at radius 2 is 2.08 bits per heavy atom. The molecular weight excluding hydrogens is 328 g/mol. The average Bonchev–Trinajstić information content (AvgIpc) is 3.39. The van der Waals surface area contributed by atoms with Crippen LogP contribution in [-0.2, 0) is 13.0 Å². The van der Waals surface area contributed by atoms with Gasteiger partial charge in [-0.2, -0.15) is 0 Å². The first-order chi connectivity index (χ1) is 12.7. The fourth-order valence-electron chi connectivity index (χ4n) is 4.53. The lowest BCUT2D eigenvalue weighted by Crippen LogP contribution is -2.42. The van der Waals surface area contributed by atoms with Crippen LogP contribution in [0.2, 0.25) is 0 Å². The van der Waals surface area contributed by atoms with Gasteiger partial charge >= 0.3 is 6.03 Å². The van der Waals surface area contributed by atoms with Crippen molar-refractivity contribution in [2.45, 2.75) is 31.3 Å². The van der Waals surface area contributed by atoms with Crippen LogP contribution in [0.25, 0.3) is 0 Å². The van der Waals surface area contributed by atoms with Gasteiger partial charge in [-0.15, -0.1) is 0 Å². The largest absolute Gasteiger partial charge is 0.508 e. The third kappa shape index (κ3) is 2.59. The van der Waals surface area contributed by atoms with Gasteiger partial charge in [-0.25, -0.2) is 4.79 Å². The van der Waals surface area contributed by atoms with E-state index < -0.39 is 0 Å². The van der Waals surface area contributed by atoms with E-state index in [9.17, 15) is 9.90 Å². The summed E-state index contributed by atoms with van der Waals surface area (Å²) in [6, 6.07) is 13.9. The van der Waals surface area contributed by atoms with E-state index >= 15 is 0 Å². The monoisotopic (exact) mass is 350 g/mol. The summed E-state index contributed by atoms with van der Waals surface area (Å²) in [5.74, 6) is 1.88. The highest BCUT2D eigenvalue weighted by Crippen LogP contribution is 2.54. The van der Waals surface area contributed by atoms with Crippen molar-refractivity contribution < 1.29 is 14.6 Å². The number of phenols is 1. The Kier molecular flexibility index (Phi) is 3.55. The minimum atomic E-state index is -0.0218. The van der Waals surface area contributed by atoms with E-state index in [0.717, 1.165) is 18.4 Å². The number of fused-ring (bicyclic) bond motifs is 4. The van der Waals surface area contributed by atoms with Crippen LogP contribution in [0.5, 0.6) is 11.5 Å². The zero-order chi connectivity index (χ0) is 17.7. The number of ether oxygens (including phenoxy) is 1. The third-order valence-corrected chi connectivity index (χ3v) is 5.94. The second kappa shape index (κ2) is 5.94. The molecule has 2 aliphatic carbocycles. The molecule has 0 saturated heterocycles. The van der Waals surface area contributed by atoms with Crippen LogP contribution in [0, 0.1) is 5.92 Å². The number of carbonyl (C=O) groups is 1. The normalized spacial score (nSPS) is 25.8. The molecule has 0 radical (unpaired) electrons. The molecule has 3 unspecified atom stereocenters. The quantitative estimate of drug-likeness (QED) is 0.831. The first-order valence-electron chi connectivity index (χ1n) is 9.28. The molecule has 2 amide bonds. The van der Waals surface area contributed by atoms with Crippen LogP contribution in [-0.4, -0.2) is 35.2 Å². The van der Waals surface area contributed by atoms with E-state index in [2.05, 4.69) is 29.6 Å². The van der Waals surface area contributed by atoms with Gasteiger partial charge < -0.3 is 20.1 Å². The number of hydrogen-bond donors (Lipinski definition) is 2. The van der Waals surface area contributed by atoms with Gasteiger partial charge in [-0.1, -0.05) is 24.3 Å². The Labute approximate surface area is 152 Å². The van der Waals surface area contributed by atoms with Crippen LogP contribution in [0.4, 0.5) is 4.79 Å². The second-order valence-electron chi connectivity index (χ2n) is 7.46. The molecule has 0 aromatic heterocycles. The molecular formula is C21H22N2O3. The number of amides is 2. The topological polar surface area (TPSA) is 61.8 Å². The summed E-state index contributed by atoms with van der Waals surface area (Å²) in [6.07, 6.45) is 2.26. The highest BCUT2D eigenvalue weighted by molar-refractivity contribution is 5.75. The number of aryl methyl sites for hydroxylation is 1. The molecule has 1 heterocycles. The molecule has 5 heteroatoms. The molecule has 5 rings (SSSR count). The summed E-state index contributed by atoms with van der Waals surface area (Å²) < 4.78 is 5.69. The summed E-state index contributed by atoms with van der Waals surface area (Å²) in [5.41, 5.74) is 3.77. The molecule has 1 aliphatic heterocycles. The van der Waals surface area contributed by atoms with Gasteiger partial charge in [0.1, 0.15) is 18.1 Å². The number of phenolic OH excluding ortho intramolecular Hbond substituents is 1. The van der Waals surface area contributed by atoms with E-state index in [1.54, 1.807) is 17.0 Å². The summed E-state index contributed by atoms with van der Waals surface area (Å²) in [7, 11) is 0. The maximum absolute atomic E-state index is 12.8. The Morgan fingerprint density at radius 3 is 3.00 bits per heavy atom. The van der Waals surface area contributed by atoms with Crippen molar-refractivity contribution in [2.75, 3.05) is 13.2 Å². The van der Waals surface area contributed by atoms with Crippen LogP contribution < -0.4 is 10.1 Å². The molecule has 3 aliphatic rings. The molecule has 0 bridgehead atoms. The van der Waals surface area contributed by atoms with E-state index in [-0.39, 0.29) is 17.8 Å². The Bertz CT molecular complexity index is 866. The number of carbonyl (C=O) groups excluding carboxylic acids is 1. The molecule has 2 aromatic carbocycles. The zero-order valence-corrected chi connectivity index (χ0v) is 14.5. The Balaban J connectivity index is 1.29. The van der Waals surface area contributed by atoms with Gasteiger partial charge in [0, 0.05) is 23.6 Å². The smallest absolute Gasteiger partial charge is 0.318 e. The van der Waals surface area contributed by atoms with E-state index in [1.807, 2.05) is 6.07 Å². The molecule has 1 fully saturated rings. The number of rotatable bonds is 1. The van der Waals surface area contributed by atoms with Gasteiger partial charge in [-0.3, -0.25) is 0 Å². The second-order valence-corrected chi connectivity index (χ2v) is 7.46. The highest BCUT2D eigenvalue weighted by Gasteiger charge is 2.54. The molecule has 26 heavy (non-hydrogen) atoms. The Morgan fingerprint density at radius 1 is 1.19 bits per heavy atom. The maximum Gasteiger partial charge on any atom is 0.318 e. The molecule has 2 aromatic rings. The van der Waals surface area contributed by atoms with Gasteiger partial charge in [-0.05, 0) is 42.0 Å². The number of hydrogen-bond acceptors (Lipinski definition) is 3. The van der Waals surface area contributed by atoms with Crippen molar-refractivity contribution in [1.82, 2.24) is 10.2 Å². The molecule has 2 N–H and O–H groups in total. The first-order valence-corrected chi connectivity index (χ1v) is 9.28. The van der Waals surface area contributed by atoms with E-state index in [1.165, 1.54) is 11.1 Å².